The summed E-state index contributed by atoms with van der Waals surface area (Å²) in [6, 6.07) is 1.18. The summed E-state index contributed by atoms with van der Waals surface area (Å²) in [4.78, 5) is 0. The monoisotopic (exact) mass is 170 g/mol. The lowest BCUT2D eigenvalue weighted by molar-refractivity contribution is 0.241. The van der Waals surface area contributed by atoms with E-state index in [0.717, 1.165) is 24.9 Å². The van der Waals surface area contributed by atoms with Crippen molar-refractivity contribution in [2.24, 2.45) is 11.7 Å². The van der Waals surface area contributed by atoms with Crippen LogP contribution in [0.5, 0.6) is 0 Å². The highest BCUT2D eigenvalue weighted by Gasteiger charge is 2.23. The molecule has 0 aromatic heterocycles. The molecule has 1 unspecified atom stereocenters. The van der Waals surface area contributed by atoms with Crippen molar-refractivity contribution in [2.45, 2.75) is 51.6 Å². The van der Waals surface area contributed by atoms with Gasteiger partial charge in [-0.25, -0.2) is 0 Å². The molecular formula is C10H22N2. The van der Waals surface area contributed by atoms with E-state index in [0.29, 0.717) is 6.04 Å². The predicted molar refractivity (Wildman–Crippen MR) is 53.1 cm³/mol. The highest BCUT2D eigenvalue weighted by Crippen LogP contribution is 2.25. The standard InChI is InChI=1S/C10H22N2/c1-8-6-10(7-8)12-5-3-4-9(2)11/h8-10,12H,3-7,11H2,1-2H3. The molecule has 2 heteroatoms. The van der Waals surface area contributed by atoms with E-state index in [1.54, 1.807) is 0 Å². The highest BCUT2D eigenvalue weighted by atomic mass is 14.9. The Morgan fingerprint density at radius 3 is 2.67 bits per heavy atom. The Balaban J connectivity index is 1.83. The van der Waals surface area contributed by atoms with Gasteiger partial charge in [0.2, 0.25) is 0 Å². The maximum atomic E-state index is 5.65. The van der Waals surface area contributed by atoms with Crippen LogP contribution in [0.1, 0.15) is 39.5 Å². The van der Waals surface area contributed by atoms with Crippen LogP contribution in [0.25, 0.3) is 0 Å². The number of rotatable bonds is 5. The fourth-order valence-corrected chi connectivity index (χ4v) is 1.80. The fourth-order valence-electron chi connectivity index (χ4n) is 1.80. The molecule has 0 heterocycles. The summed E-state index contributed by atoms with van der Waals surface area (Å²) in [6.45, 7) is 5.55. The second kappa shape index (κ2) is 4.83. The molecule has 0 bridgehead atoms. The van der Waals surface area contributed by atoms with E-state index in [9.17, 15) is 0 Å². The van der Waals surface area contributed by atoms with Gasteiger partial charge in [-0.3, -0.25) is 0 Å². The minimum absolute atomic E-state index is 0.368. The molecule has 1 fully saturated rings. The summed E-state index contributed by atoms with van der Waals surface area (Å²) in [5.74, 6) is 0.955. The van der Waals surface area contributed by atoms with Crippen molar-refractivity contribution in [3.63, 3.8) is 0 Å². The Hall–Kier alpha value is -0.0800. The first-order valence-electron chi connectivity index (χ1n) is 5.17. The van der Waals surface area contributed by atoms with E-state index in [1.165, 1.54) is 19.3 Å². The van der Waals surface area contributed by atoms with Crippen LogP contribution in [0.2, 0.25) is 0 Å². The number of nitrogens with two attached hydrogens (primary N) is 1. The van der Waals surface area contributed by atoms with Crippen molar-refractivity contribution in [3.8, 4) is 0 Å². The molecule has 0 saturated heterocycles. The summed E-state index contributed by atoms with van der Waals surface area (Å²) in [5, 5.41) is 3.55. The molecule has 1 aliphatic rings. The SMILES string of the molecule is CC(N)CCCNC1CC(C)C1. The maximum absolute atomic E-state index is 5.65. The molecule has 0 aromatic rings. The quantitative estimate of drug-likeness (QED) is 0.614. The third-order valence-electron chi connectivity index (χ3n) is 2.64. The van der Waals surface area contributed by atoms with Gasteiger partial charge in [0.15, 0.2) is 0 Å². The summed E-state index contributed by atoms with van der Waals surface area (Å²) < 4.78 is 0. The molecule has 0 amide bonds. The molecule has 1 saturated carbocycles. The average molecular weight is 170 g/mol. The zero-order valence-electron chi connectivity index (χ0n) is 8.34. The lowest BCUT2D eigenvalue weighted by Crippen LogP contribution is -2.40. The molecule has 0 spiro atoms. The predicted octanol–water partition coefficient (Wildman–Crippen LogP) is 1.50. The van der Waals surface area contributed by atoms with E-state index in [2.05, 4.69) is 19.2 Å². The van der Waals surface area contributed by atoms with Crippen molar-refractivity contribution in [3.05, 3.63) is 0 Å². The third-order valence-corrected chi connectivity index (χ3v) is 2.64. The molecular weight excluding hydrogens is 148 g/mol. The van der Waals surface area contributed by atoms with Gasteiger partial charge < -0.3 is 11.1 Å². The molecule has 1 atom stereocenters. The Labute approximate surface area is 75.9 Å². The van der Waals surface area contributed by atoms with Crippen molar-refractivity contribution in [1.29, 1.82) is 0 Å². The first-order valence-corrected chi connectivity index (χ1v) is 5.17. The number of hydrogen-bond donors (Lipinski definition) is 2. The van der Waals surface area contributed by atoms with E-state index in [4.69, 9.17) is 5.73 Å². The molecule has 1 rings (SSSR count). The van der Waals surface area contributed by atoms with E-state index in [1.807, 2.05) is 0 Å². The second-order valence-electron chi connectivity index (χ2n) is 4.35. The van der Waals surface area contributed by atoms with Gasteiger partial charge in [0.25, 0.3) is 0 Å². The Bertz CT molecular complexity index is 117. The molecule has 0 radical (unpaired) electrons. The van der Waals surface area contributed by atoms with Gasteiger partial charge in [0.1, 0.15) is 0 Å². The second-order valence-corrected chi connectivity index (χ2v) is 4.35. The number of hydrogen-bond acceptors (Lipinski definition) is 2. The summed E-state index contributed by atoms with van der Waals surface area (Å²) in [6.07, 6.45) is 5.12. The average Bonchev–Trinajstić information content (AvgIpc) is 1.93. The van der Waals surface area contributed by atoms with E-state index >= 15 is 0 Å². The zero-order valence-corrected chi connectivity index (χ0v) is 8.34. The van der Waals surface area contributed by atoms with Crippen molar-refractivity contribution in [2.75, 3.05) is 6.54 Å². The van der Waals surface area contributed by atoms with Crippen LogP contribution >= 0.6 is 0 Å². The molecule has 0 aliphatic heterocycles. The van der Waals surface area contributed by atoms with Crippen LogP contribution in [0, 0.1) is 5.92 Å². The number of nitrogens with one attached hydrogen (secondary N) is 1. The van der Waals surface area contributed by atoms with E-state index in [-0.39, 0.29) is 0 Å². The summed E-state index contributed by atoms with van der Waals surface area (Å²) in [5.41, 5.74) is 5.65. The Morgan fingerprint density at radius 2 is 2.17 bits per heavy atom. The molecule has 1 aliphatic carbocycles. The molecule has 0 aromatic carbocycles. The van der Waals surface area contributed by atoms with E-state index < -0.39 is 0 Å². The van der Waals surface area contributed by atoms with Crippen LogP contribution in [-0.4, -0.2) is 18.6 Å². The molecule has 72 valence electrons. The van der Waals surface area contributed by atoms with Crippen molar-refractivity contribution >= 4 is 0 Å². The van der Waals surface area contributed by atoms with Gasteiger partial charge >= 0.3 is 0 Å². The van der Waals surface area contributed by atoms with Gasteiger partial charge in [-0.15, -0.1) is 0 Å². The highest BCUT2D eigenvalue weighted by molar-refractivity contribution is 4.81. The van der Waals surface area contributed by atoms with Crippen LogP contribution < -0.4 is 11.1 Å². The molecule has 3 N–H and O–H groups in total. The van der Waals surface area contributed by atoms with Gasteiger partial charge in [-0.05, 0) is 45.1 Å². The smallest absolute Gasteiger partial charge is 0.00721 e. The molecule has 2 nitrogen and oxygen atoms in total. The fraction of sp³-hybridized carbons (Fsp3) is 1.00. The lowest BCUT2D eigenvalue weighted by Gasteiger charge is -2.33. The normalized spacial score (nSPS) is 31.2. The van der Waals surface area contributed by atoms with Crippen LogP contribution in [0.3, 0.4) is 0 Å². The topological polar surface area (TPSA) is 38.0 Å². The van der Waals surface area contributed by atoms with Gasteiger partial charge in [0, 0.05) is 12.1 Å². The third kappa shape index (κ3) is 3.55. The summed E-state index contributed by atoms with van der Waals surface area (Å²) in [7, 11) is 0. The molecule has 12 heavy (non-hydrogen) atoms. The van der Waals surface area contributed by atoms with Crippen LogP contribution in [-0.2, 0) is 0 Å². The first-order chi connectivity index (χ1) is 5.68. The minimum Gasteiger partial charge on any atom is -0.328 e. The van der Waals surface area contributed by atoms with Gasteiger partial charge in [-0.1, -0.05) is 6.92 Å². The minimum atomic E-state index is 0.368. The van der Waals surface area contributed by atoms with Gasteiger partial charge in [-0.2, -0.15) is 0 Å². The van der Waals surface area contributed by atoms with Crippen molar-refractivity contribution in [1.82, 2.24) is 5.32 Å². The Kier molecular flexibility index (Phi) is 4.02. The van der Waals surface area contributed by atoms with Crippen LogP contribution in [0.15, 0.2) is 0 Å². The largest absolute Gasteiger partial charge is 0.328 e. The lowest BCUT2D eigenvalue weighted by atomic mass is 9.82. The van der Waals surface area contributed by atoms with Crippen molar-refractivity contribution < 1.29 is 0 Å². The maximum Gasteiger partial charge on any atom is 0.00721 e. The zero-order chi connectivity index (χ0) is 8.97. The Morgan fingerprint density at radius 1 is 1.50 bits per heavy atom. The summed E-state index contributed by atoms with van der Waals surface area (Å²) >= 11 is 0. The van der Waals surface area contributed by atoms with Gasteiger partial charge in [0.05, 0.1) is 0 Å². The van der Waals surface area contributed by atoms with Crippen LogP contribution in [0.4, 0.5) is 0 Å². The first kappa shape index (κ1) is 10.0.